The van der Waals surface area contributed by atoms with Crippen molar-refractivity contribution < 1.29 is 42.6 Å². The molecule has 3 aliphatic rings. The van der Waals surface area contributed by atoms with Crippen LogP contribution in [-0.2, 0) is 63.1 Å². The minimum Gasteiger partial charge on any atom is -0.466 e. The lowest BCUT2D eigenvalue weighted by molar-refractivity contribution is -0.141. The number of carbonyl (C=O) groups excluding carboxylic acids is 3. The number of halogens is 4. The average molecular weight is 1800 g/mol. The fourth-order valence-corrected chi connectivity index (χ4v) is 17.1. The number of nitrogen functional groups attached to an aromatic ring is 1. The zero-order chi connectivity index (χ0) is 83.4. The van der Waals surface area contributed by atoms with Gasteiger partial charge in [-0.1, -0.05) is 180 Å². The highest BCUT2D eigenvalue weighted by Crippen LogP contribution is 2.42. The van der Waals surface area contributed by atoms with E-state index in [1.54, 1.807) is 6.20 Å². The van der Waals surface area contributed by atoms with E-state index in [9.17, 15) is 19.2 Å². The van der Waals surface area contributed by atoms with Crippen LogP contribution in [-0.4, -0.2) is 197 Å². The molecule has 3 aliphatic heterocycles. The summed E-state index contributed by atoms with van der Waals surface area (Å²) in [5.74, 6) is -0.168. The molecule has 0 bridgehead atoms. The van der Waals surface area contributed by atoms with Crippen LogP contribution in [0.15, 0.2) is 78.2 Å². The van der Waals surface area contributed by atoms with Crippen molar-refractivity contribution >= 4 is 207 Å². The maximum Gasteiger partial charge on any atom is 0.302 e. The van der Waals surface area contributed by atoms with Crippen LogP contribution in [0.4, 0.5) is 5.82 Å². The van der Waals surface area contributed by atoms with Crippen LogP contribution in [0.5, 0.6) is 0 Å². The number of nitrogens with two attached hydrogens (primary N) is 1. The molecule has 9 aromatic rings. The van der Waals surface area contributed by atoms with Crippen LogP contribution >= 0.6 is 117 Å². The van der Waals surface area contributed by atoms with Crippen LogP contribution in [0.25, 0.3) is 44.1 Å². The number of aliphatic hydroxyl groups is 1. The normalized spacial score (nSPS) is 16.6. The summed E-state index contributed by atoms with van der Waals surface area (Å²) < 4.78 is 31.0. The fourth-order valence-electron chi connectivity index (χ4n) is 11.4. The molecule has 28 nitrogen and oxygen atoms in total. The van der Waals surface area contributed by atoms with Crippen molar-refractivity contribution in [1.82, 2.24) is 80.0 Å². The zero-order valence-corrected chi connectivity index (χ0v) is 77.3. The number of anilines is 1. The molecule has 0 saturated carbocycles. The first kappa shape index (κ1) is 97.1. The molecule has 0 aliphatic carbocycles. The molecule has 1 amide bonds. The first-order valence-electron chi connectivity index (χ1n) is 36.3. The van der Waals surface area contributed by atoms with E-state index in [-0.39, 0.29) is 77.7 Å². The Morgan fingerprint density at radius 2 is 1.06 bits per heavy atom. The molecule has 0 spiro atoms. The van der Waals surface area contributed by atoms with Gasteiger partial charge in [0, 0.05) is 77.4 Å². The Morgan fingerprint density at radius 3 is 1.47 bits per heavy atom. The Kier molecular flexibility index (Phi) is 37.8. The Bertz CT molecular complexity index is 4860. The number of aliphatic hydroxyl groups excluding tert-OH is 1. The highest BCUT2D eigenvalue weighted by atomic mass is 35.5. The van der Waals surface area contributed by atoms with Crippen molar-refractivity contribution in [1.29, 1.82) is 0 Å². The molecule has 5 unspecified atom stereocenters. The van der Waals surface area contributed by atoms with Gasteiger partial charge in [-0.15, -0.1) is 0 Å². The second-order valence-electron chi connectivity index (χ2n) is 29.1. The van der Waals surface area contributed by atoms with Gasteiger partial charge < -0.3 is 69.0 Å². The third-order valence-electron chi connectivity index (χ3n) is 19.4. The zero-order valence-electron chi connectivity index (χ0n) is 67.4. The summed E-state index contributed by atoms with van der Waals surface area (Å²) in [6.45, 7) is 31.9. The molecule has 5 atom stereocenters. The first-order valence-corrected chi connectivity index (χ1v) is 51.0. The maximum absolute atomic E-state index is 12.0. The van der Waals surface area contributed by atoms with E-state index < -0.39 is 16.6 Å². The number of fused-ring (bicyclic) bond motifs is 5. The van der Waals surface area contributed by atoms with Crippen molar-refractivity contribution in [3.63, 3.8) is 0 Å². The number of carbonyl (C=O) groups is 3. The topological polar surface area (TPSA) is 381 Å². The molecule has 40 heteroatoms. The number of amidine groups is 1. The second-order valence-corrected chi connectivity index (χ2v) is 44.8. The van der Waals surface area contributed by atoms with Crippen LogP contribution in [0.1, 0.15) is 124 Å². The number of hydrogen-bond acceptors (Lipinski definition) is 28. The lowest BCUT2D eigenvalue weighted by Gasteiger charge is -2.36. The Balaban J connectivity index is 0.000000218. The fraction of sp³-hybridized carbons (Fsp3) is 0.541. The number of H-pyrrole nitrogens is 4. The highest BCUT2D eigenvalue weighted by molar-refractivity contribution is 8.13. The minimum atomic E-state index is -1.80. The van der Waals surface area contributed by atoms with Gasteiger partial charge in [0.1, 0.15) is 67.3 Å². The van der Waals surface area contributed by atoms with Crippen molar-refractivity contribution in [2.45, 2.75) is 202 Å². The minimum absolute atomic E-state index is 0. The summed E-state index contributed by atoms with van der Waals surface area (Å²) in [4.78, 5) is 99.0. The predicted octanol–water partition coefficient (Wildman–Crippen LogP) is 16.8. The number of aromatic amines is 4. The summed E-state index contributed by atoms with van der Waals surface area (Å²) in [7, 11) is -3.51. The van der Waals surface area contributed by atoms with Gasteiger partial charge in [-0.3, -0.25) is 19.2 Å². The summed E-state index contributed by atoms with van der Waals surface area (Å²) in [5, 5.41) is 24.3. The van der Waals surface area contributed by atoms with Crippen LogP contribution < -0.4 is 21.9 Å². The maximum atomic E-state index is 12.0. The number of nitrogens with zero attached hydrogens (tertiary/aromatic N) is 11. The van der Waals surface area contributed by atoms with Gasteiger partial charge in [0.2, 0.25) is 5.91 Å². The average Bonchev–Trinajstić information content (AvgIpc) is 1.61. The molecule has 12 rings (SSSR count). The van der Waals surface area contributed by atoms with Gasteiger partial charge >= 0.3 is 11.9 Å². The summed E-state index contributed by atoms with van der Waals surface area (Å²) in [6.07, 6.45) is 26.3. The number of amides is 1. The number of aromatic nitrogens is 14. The molecule has 114 heavy (non-hydrogen) atoms. The second kappa shape index (κ2) is 44.4. The summed E-state index contributed by atoms with van der Waals surface area (Å²) >= 11 is 33.8. The third-order valence-corrected chi connectivity index (χ3v) is 32.9. The van der Waals surface area contributed by atoms with Gasteiger partial charge in [-0.2, -0.15) is 0 Å². The van der Waals surface area contributed by atoms with E-state index in [2.05, 4.69) is 168 Å². The van der Waals surface area contributed by atoms with E-state index in [1.807, 2.05) is 56.1 Å². The Morgan fingerprint density at radius 1 is 0.623 bits per heavy atom. The van der Waals surface area contributed by atoms with E-state index in [1.165, 1.54) is 90.5 Å². The van der Waals surface area contributed by atoms with E-state index in [4.69, 9.17) is 85.3 Å². The molecule has 1 fully saturated rings. The number of rotatable bonds is 23. The monoisotopic (exact) mass is 1800 g/mol. The largest absolute Gasteiger partial charge is 0.466 e. The molecule has 1 saturated heterocycles. The van der Waals surface area contributed by atoms with Crippen molar-refractivity contribution in [2.75, 3.05) is 76.3 Å². The van der Waals surface area contributed by atoms with Crippen molar-refractivity contribution in [2.24, 2.45) is 16.8 Å². The van der Waals surface area contributed by atoms with Gasteiger partial charge in [-0.05, 0) is 146 Å². The lowest BCUT2D eigenvalue weighted by atomic mass is 9.96. The molecular formula is C74H108Cl4N18O10S6Si2. The van der Waals surface area contributed by atoms with Crippen molar-refractivity contribution in [3.8, 4) is 0 Å². The molecule has 9 N–H and O–H groups in total. The van der Waals surface area contributed by atoms with Gasteiger partial charge in [0.05, 0.1) is 40.9 Å². The lowest BCUT2D eigenvalue weighted by Crippen LogP contribution is -2.46. The van der Waals surface area contributed by atoms with Crippen LogP contribution in [0, 0.1) is 11.8 Å². The quantitative estimate of drug-likeness (QED) is 0.00969. The van der Waals surface area contributed by atoms with Gasteiger partial charge in [0.15, 0.2) is 47.6 Å². The molecule has 0 radical (unpaired) electrons. The number of ether oxygens (including phenoxy) is 3. The van der Waals surface area contributed by atoms with Crippen LogP contribution in [0.2, 0.25) is 56.9 Å². The molecule has 626 valence electrons. The number of esters is 2. The van der Waals surface area contributed by atoms with E-state index in [0.29, 0.717) is 109 Å². The molecule has 12 heterocycles. The highest BCUT2D eigenvalue weighted by Gasteiger charge is 2.41. The predicted molar refractivity (Wildman–Crippen MR) is 476 cm³/mol. The number of nitrogens with one attached hydrogen (secondary N) is 6. The Hall–Kier alpha value is -5.69. The van der Waals surface area contributed by atoms with E-state index >= 15 is 0 Å². The number of thioether (sulfide) groups is 6. The SMILES string of the molecule is C.CCC1OC(n2cc(CCO[Si](C)(C)C(C)(C)C)c3c(Cl)nc(SC)nc32)CC1C.CSC1=NC2NC=C(CCOC(C)=O)C2C(=O)N1.CSc1nc(Cl)c2c(CCO)c[nH]c2n1.CSc1nc(Cl)c2c(CCOC(C)=O)c[nH]c2n1.CSc1nc(Cl)c2c(CCO[Si](C)(C)C(C)(C)C)c[nH]c2n1.CSc1nc(N)cc(=O)[nH]1. The number of aliphatic imine (C=N–C) groups is 1. The van der Waals surface area contributed by atoms with Crippen LogP contribution in [0.3, 0.4) is 0 Å². The standard InChI is InChI=1S/C22H36ClN3O2SSi.C15H24ClN3OSSi.C11H12ClN3O2S.C11H15N3O3S.C9H10ClN3OS.C5H7N3OS.CH4/c1-9-16-14(2)12-17(28-16)26-13-15(10-11-27-30(7,8)22(3,4)5)18-19(23)24-21(29-6)25-20(18)26;1-15(2,3)22(5,6)20-8-7-10-9-17-13-11(10)12(16)18-14(19-13)21-4;1-6(16)17-4-3-7-5-13-10-8(7)9(12)14-11(15-10)18-2;1-6(15)17-4-3-7-5-12-9-8(7)10(16)14-11(13-9)18-2;1-15-9-12-7(10)6-5(2-3-14)4-11-8(6)13-9;1-10-5-7-3(6)2-4(9)8-5;/h13-14,16-17H,9-12H2,1-8H3;9H,7-8H2,1-6H3,(H,17,18,19);5H,3-4H2,1-2H3,(H,13,14,15);5,8-9,12H,3-4H2,1-2H3,(H,13,14,16);4,14H,2-3H2,1H3,(H,11,12,13);2H,1H3,(H3,6,7,8,9);1H4. The smallest absolute Gasteiger partial charge is 0.302 e. The molecular weight excluding hydrogens is 1690 g/mol. The summed E-state index contributed by atoms with van der Waals surface area (Å²) in [5.41, 5.74) is 13.2. The number of hydrogen-bond donors (Lipinski definition) is 8. The van der Waals surface area contributed by atoms with Gasteiger partial charge in [0.25, 0.3) is 5.56 Å². The summed E-state index contributed by atoms with van der Waals surface area (Å²) in [6, 6.07) is 1.25. The van der Waals surface area contributed by atoms with Gasteiger partial charge in [-0.25, -0.2) is 49.8 Å². The molecule has 9 aromatic heterocycles. The molecule has 0 aromatic carbocycles. The Labute approximate surface area is 714 Å². The third kappa shape index (κ3) is 26.4. The van der Waals surface area contributed by atoms with Crippen molar-refractivity contribution in [3.05, 3.63) is 95.8 Å². The van der Waals surface area contributed by atoms with E-state index in [0.717, 1.165) is 92.0 Å². The first-order chi connectivity index (χ1) is 53.3.